The van der Waals surface area contributed by atoms with Crippen molar-refractivity contribution in [3.8, 4) is 22.7 Å². The molecule has 1 amide bonds. The number of aromatic nitrogens is 3. The van der Waals surface area contributed by atoms with Crippen LogP contribution < -0.4 is 15.2 Å². The Morgan fingerprint density at radius 3 is 2.37 bits per heavy atom. The van der Waals surface area contributed by atoms with Crippen molar-refractivity contribution in [2.45, 2.75) is 70.9 Å². The Hall–Kier alpha value is -4.59. The zero-order valence-corrected chi connectivity index (χ0v) is 29.9. The maximum absolute atomic E-state index is 16.4. The lowest BCUT2D eigenvalue weighted by atomic mass is 10.0. The van der Waals surface area contributed by atoms with Gasteiger partial charge in [-0.1, -0.05) is 19.9 Å². The van der Waals surface area contributed by atoms with Crippen LogP contribution in [0.1, 0.15) is 58.7 Å². The van der Waals surface area contributed by atoms with Gasteiger partial charge in [0.1, 0.15) is 22.9 Å². The summed E-state index contributed by atoms with van der Waals surface area (Å²) >= 11 is 0. The summed E-state index contributed by atoms with van der Waals surface area (Å²) in [5, 5.41) is 0.00658. The Kier molecular flexibility index (Phi) is 9.50. The summed E-state index contributed by atoms with van der Waals surface area (Å²) in [7, 11) is -2.97. The number of pyridine rings is 3. The van der Waals surface area contributed by atoms with E-state index in [1.165, 1.54) is 24.1 Å². The van der Waals surface area contributed by atoms with Gasteiger partial charge < -0.3 is 19.3 Å². The number of halogens is 2. The molecule has 0 saturated carbocycles. The van der Waals surface area contributed by atoms with Crippen LogP contribution in [-0.2, 0) is 14.6 Å². The number of fused-ring (bicyclic) bond motifs is 1. The van der Waals surface area contributed by atoms with Gasteiger partial charge in [0.25, 0.3) is 5.56 Å². The van der Waals surface area contributed by atoms with Gasteiger partial charge in [0, 0.05) is 43.5 Å². The van der Waals surface area contributed by atoms with Crippen molar-refractivity contribution >= 4 is 32.7 Å². The molecule has 1 fully saturated rings. The van der Waals surface area contributed by atoms with Gasteiger partial charge in [0.2, 0.25) is 0 Å². The summed E-state index contributed by atoms with van der Waals surface area (Å²) in [6, 6.07) is 6.23. The molecule has 0 N–H and O–H groups in total. The van der Waals surface area contributed by atoms with Gasteiger partial charge in [0.05, 0.1) is 29.7 Å². The molecule has 1 aromatic carbocycles. The maximum atomic E-state index is 16.4. The van der Waals surface area contributed by atoms with E-state index in [9.17, 15) is 18.0 Å². The third-order valence-corrected chi connectivity index (χ3v) is 9.44. The van der Waals surface area contributed by atoms with E-state index in [-0.39, 0.29) is 59.3 Å². The Morgan fingerprint density at radius 1 is 1.08 bits per heavy atom. The van der Waals surface area contributed by atoms with Crippen LogP contribution in [0.4, 0.5) is 19.3 Å². The number of ether oxygens (including phenoxy) is 2. The molecule has 5 rings (SSSR count). The number of anilines is 1. The summed E-state index contributed by atoms with van der Waals surface area (Å²) in [6.07, 6.45) is 1.97. The van der Waals surface area contributed by atoms with Gasteiger partial charge in [-0.05, 0) is 70.4 Å². The van der Waals surface area contributed by atoms with E-state index in [1.54, 1.807) is 51.8 Å². The predicted octanol–water partition coefficient (Wildman–Crippen LogP) is 6.02. The van der Waals surface area contributed by atoms with Crippen LogP contribution in [0.5, 0.6) is 5.75 Å². The number of amides is 1. The average molecular weight is 698 g/mol. The first kappa shape index (κ1) is 35.7. The molecule has 14 heteroatoms. The fourth-order valence-corrected chi connectivity index (χ4v) is 7.21. The van der Waals surface area contributed by atoms with Crippen molar-refractivity contribution in [1.29, 1.82) is 0 Å². The third kappa shape index (κ3) is 6.70. The summed E-state index contributed by atoms with van der Waals surface area (Å²) in [4.78, 5) is 39.5. The van der Waals surface area contributed by atoms with Crippen molar-refractivity contribution < 1.29 is 31.5 Å². The van der Waals surface area contributed by atoms with Crippen molar-refractivity contribution in [2.24, 2.45) is 0 Å². The fraction of sp³-hybridized carbons (Fsp3) is 0.429. The van der Waals surface area contributed by atoms with Crippen molar-refractivity contribution in [2.75, 3.05) is 37.9 Å². The zero-order chi connectivity index (χ0) is 36.2. The lowest BCUT2D eigenvalue weighted by Crippen LogP contribution is -2.55. The molecule has 3 aromatic heterocycles. The second-order valence-electron chi connectivity index (χ2n) is 13.6. The summed E-state index contributed by atoms with van der Waals surface area (Å²) in [5.41, 5.74) is -1.14. The Balaban J connectivity index is 1.90. The van der Waals surface area contributed by atoms with Gasteiger partial charge in [-0.3, -0.25) is 14.3 Å². The fourth-order valence-electron chi connectivity index (χ4n) is 6.22. The lowest BCUT2D eigenvalue weighted by molar-refractivity contribution is 0.0218. The average Bonchev–Trinajstić information content (AvgIpc) is 2.99. The minimum atomic E-state index is -4.28. The van der Waals surface area contributed by atoms with E-state index < -0.39 is 55.4 Å². The number of nitrogens with zero attached hydrogens (tertiary/aromatic N) is 5. The highest BCUT2D eigenvalue weighted by Gasteiger charge is 2.37. The highest BCUT2D eigenvalue weighted by atomic mass is 32.2. The smallest absolute Gasteiger partial charge is 0.410 e. The number of sulfone groups is 1. The monoisotopic (exact) mass is 697 g/mol. The molecule has 1 aliphatic heterocycles. The van der Waals surface area contributed by atoms with Crippen LogP contribution in [0.2, 0.25) is 0 Å². The third-order valence-electron chi connectivity index (χ3n) is 8.33. The quantitative estimate of drug-likeness (QED) is 0.238. The molecule has 0 unspecified atom stereocenters. The molecular weight excluding hydrogens is 656 g/mol. The van der Waals surface area contributed by atoms with E-state index in [1.807, 2.05) is 13.8 Å². The normalized spacial score (nSPS) is 15.6. The number of carbonyl (C=O) groups is 1. The van der Waals surface area contributed by atoms with E-state index in [2.05, 4.69) is 9.97 Å². The van der Waals surface area contributed by atoms with E-state index in [4.69, 9.17) is 9.47 Å². The van der Waals surface area contributed by atoms with Gasteiger partial charge in [-0.25, -0.2) is 27.0 Å². The second kappa shape index (κ2) is 13.0. The number of piperazine rings is 1. The number of hydrogen-bond donors (Lipinski definition) is 0. The number of hydrogen-bond acceptors (Lipinski definition) is 9. The molecule has 1 atom stereocenters. The largest absolute Gasteiger partial charge is 0.496 e. The topological polar surface area (TPSA) is 124 Å². The van der Waals surface area contributed by atoms with Crippen LogP contribution in [0.3, 0.4) is 0 Å². The molecule has 1 aliphatic rings. The zero-order valence-electron chi connectivity index (χ0n) is 29.1. The molecule has 49 heavy (non-hydrogen) atoms. The van der Waals surface area contributed by atoms with Crippen LogP contribution in [-0.4, -0.2) is 78.6 Å². The Labute approximate surface area is 284 Å². The van der Waals surface area contributed by atoms with Crippen LogP contribution in [0, 0.1) is 18.6 Å². The van der Waals surface area contributed by atoms with Crippen molar-refractivity contribution in [3.63, 3.8) is 0 Å². The van der Waals surface area contributed by atoms with Gasteiger partial charge in [-0.2, -0.15) is 0 Å². The Bertz CT molecular complexity index is 2130. The van der Waals surface area contributed by atoms with Gasteiger partial charge in [0.15, 0.2) is 26.2 Å². The van der Waals surface area contributed by atoms with Crippen LogP contribution in [0.25, 0.3) is 28.0 Å². The summed E-state index contributed by atoms with van der Waals surface area (Å²) in [5.74, 6) is -1.97. The molecule has 4 aromatic rings. The molecule has 1 saturated heterocycles. The lowest BCUT2D eigenvalue weighted by Gasteiger charge is -2.42. The number of rotatable bonds is 6. The first-order valence-electron chi connectivity index (χ1n) is 15.9. The molecule has 0 aliphatic carbocycles. The van der Waals surface area contributed by atoms with E-state index in [0.717, 1.165) is 23.0 Å². The number of carbonyl (C=O) groups excluding carboxylic acids is 1. The van der Waals surface area contributed by atoms with E-state index in [0.29, 0.717) is 11.3 Å². The molecule has 0 bridgehead atoms. The van der Waals surface area contributed by atoms with Gasteiger partial charge >= 0.3 is 6.09 Å². The molecule has 4 heterocycles. The SMILES string of the molecule is COc1cccc(F)c1-c1nc2c(cc1F)c(N1CCN(C(=O)OC(C)(C)C)C[C@@H]1C)c(S(C)(=O)=O)c(=O)n2-c1c(C)ccnc1C(C)C. The number of methoxy groups -OCH3 is 1. The second-order valence-corrected chi connectivity index (χ2v) is 15.5. The first-order valence-corrected chi connectivity index (χ1v) is 17.8. The van der Waals surface area contributed by atoms with E-state index >= 15 is 8.78 Å². The molecule has 11 nitrogen and oxygen atoms in total. The molecular formula is C35H41F2N5O6S. The van der Waals surface area contributed by atoms with Gasteiger partial charge in [-0.15, -0.1) is 0 Å². The van der Waals surface area contributed by atoms with Crippen molar-refractivity contribution in [3.05, 3.63) is 69.8 Å². The highest BCUT2D eigenvalue weighted by molar-refractivity contribution is 7.90. The van der Waals surface area contributed by atoms with Crippen molar-refractivity contribution in [1.82, 2.24) is 19.4 Å². The minimum Gasteiger partial charge on any atom is -0.496 e. The number of aryl methyl sites for hydroxylation is 1. The highest BCUT2D eigenvalue weighted by Crippen LogP contribution is 2.40. The predicted molar refractivity (Wildman–Crippen MR) is 184 cm³/mol. The Morgan fingerprint density at radius 2 is 1.78 bits per heavy atom. The van der Waals surface area contributed by atoms with Crippen LogP contribution in [0.15, 0.2) is 46.2 Å². The summed E-state index contributed by atoms with van der Waals surface area (Å²) in [6.45, 7) is 12.9. The van der Waals surface area contributed by atoms with Crippen LogP contribution >= 0.6 is 0 Å². The maximum Gasteiger partial charge on any atom is 0.410 e. The molecule has 0 radical (unpaired) electrons. The first-order chi connectivity index (χ1) is 22.9. The number of benzene rings is 1. The standard InChI is InChI=1S/C35H41F2N5O6S/c1-19(2)27-29(20(3)13-14-38-27)42-32-22(17-24(37)28(39-32)26-23(36)11-10-12-25(26)47-8)30(31(33(42)43)49(9,45)46)41-16-15-40(18-21(41)4)34(44)48-35(5,6)7/h10-14,17,19,21H,15-16,18H2,1-9H3/t21-/m0/s1. The summed E-state index contributed by atoms with van der Waals surface area (Å²) < 4.78 is 71.2. The molecule has 262 valence electrons. The molecule has 0 spiro atoms. The minimum absolute atomic E-state index is 0.00658.